The van der Waals surface area contributed by atoms with Gasteiger partial charge >= 0.3 is 0 Å². The summed E-state index contributed by atoms with van der Waals surface area (Å²) >= 11 is 0. The predicted octanol–water partition coefficient (Wildman–Crippen LogP) is 3.33. The first-order chi connectivity index (χ1) is 12.0. The van der Waals surface area contributed by atoms with Crippen molar-refractivity contribution in [2.24, 2.45) is 0 Å². The average molecular weight is 342 g/mol. The fraction of sp³-hybridized carbons (Fsp3) is 0.500. The summed E-state index contributed by atoms with van der Waals surface area (Å²) in [5, 5.41) is 10.3. The molecule has 0 spiro atoms. The molecule has 136 valence electrons. The maximum absolute atomic E-state index is 12.7. The van der Waals surface area contributed by atoms with Crippen molar-refractivity contribution in [1.29, 1.82) is 0 Å². The molecule has 5 nitrogen and oxygen atoms in total. The van der Waals surface area contributed by atoms with Gasteiger partial charge < -0.3 is 5.32 Å². The number of amides is 1. The van der Waals surface area contributed by atoms with Crippen LogP contribution in [0.15, 0.2) is 30.3 Å². The van der Waals surface area contributed by atoms with Crippen LogP contribution in [0, 0.1) is 13.8 Å². The molecular weight excluding hydrogens is 312 g/mol. The van der Waals surface area contributed by atoms with Gasteiger partial charge in [0, 0.05) is 17.8 Å². The second-order valence-electron chi connectivity index (χ2n) is 6.46. The molecular formula is C20H30N4O. The van der Waals surface area contributed by atoms with Crippen molar-refractivity contribution in [3.05, 3.63) is 52.8 Å². The smallest absolute Gasteiger partial charge is 0.227 e. The molecule has 2 atom stereocenters. The Morgan fingerprint density at radius 2 is 1.84 bits per heavy atom. The number of aryl methyl sites for hydroxylation is 2. The van der Waals surface area contributed by atoms with E-state index < -0.39 is 0 Å². The molecule has 0 unspecified atom stereocenters. The largest absolute Gasteiger partial charge is 0.354 e. The second-order valence-corrected chi connectivity index (χ2v) is 6.46. The standard InChI is InChI=1S/C20H30N4O/c1-6-24(7-2)18(17-11-9-8-10-12-17)13-21-20(25)14(3)19-15(4)22-23-16(19)5/h8-12,14,18H,6-7,13H2,1-5H3,(H,21,25)(H,22,23)/t14-,18+/m0/s1. The van der Waals surface area contributed by atoms with Crippen molar-refractivity contribution in [3.8, 4) is 0 Å². The molecule has 2 N–H and O–H groups in total. The van der Waals surface area contributed by atoms with Crippen molar-refractivity contribution in [2.75, 3.05) is 19.6 Å². The number of nitrogens with zero attached hydrogens (tertiary/aromatic N) is 2. The summed E-state index contributed by atoms with van der Waals surface area (Å²) in [6, 6.07) is 10.6. The molecule has 0 saturated carbocycles. The van der Waals surface area contributed by atoms with Crippen molar-refractivity contribution in [1.82, 2.24) is 20.4 Å². The number of aromatic amines is 1. The van der Waals surface area contributed by atoms with Gasteiger partial charge in [-0.15, -0.1) is 0 Å². The number of carbonyl (C=O) groups is 1. The number of aromatic nitrogens is 2. The highest BCUT2D eigenvalue weighted by atomic mass is 16.1. The van der Waals surface area contributed by atoms with Crippen LogP contribution in [0.4, 0.5) is 0 Å². The molecule has 1 aromatic carbocycles. The minimum atomic E-state index is -0.216. The van der Waals surface area contributed by atoms with Crippen molar-refractivity contribution in [3.63, 3.8) is 0 Å². The van der Waals surface area contributed by atoms with Gasteiger partial charge in [0.15, 0.2) is 0 Å². The average Bonchev–Trinajstić information content (AvgIpc) is 2.97. The summed E-state index contributed by atoms with van der Waals surface area (Å²) in [5.41, 5.74) is 4.08. The first-order valence-corrected chi connectivity index (χ1v) is 9.07. The lowest BCUT2D eigenvalue weighted by atomic mass is 9.98. The first kappa shape index (κ1) is 19.2. The Morgan fingerprint density at radius 1 is 1.20 bits per heavy atom. The van der Waals surface area contributed by atoms with Crippen molar-refractivity contribution < 1.29 is 4.79 Å². The molecule has 0 aliphatic carbocycles. The number of benzene rings is 1. The molecule has 0 aliphatic rings. The molecule has 0 radical (unpaired) electrons. The van der Waals surface area contributed by atoms with E-state index in [4.69, 9.17) is 0 Å². The van der Waals surface area contributed by atoms with Crippen LogP contribution >= 0.6 is 0 Å². The van der Waals surface area contributed by atoms with E-state index in [-0.39, 0.29) is 17.9 Å². The zero-order valence-electron chi connectivity index (χ0n) is 16.0. The van der Waals surface area contributed by atoms with Crippen LogP contribution in [-0.2, 0) is 4.79 Å². The summed E-state index contributed by atoms with van der Waals surface area (Å²) < 4.78 is 0. The normalized spacial score (nSPS) is 13.7. The summed E-state index contributed by atoms with van der Waals surface area (Å²) in [6.07, 6.45) is 0. The SMILES string of the molecule is CCN(CC)[C@H](CNC(=O)[C@@H](C)c1c(C)n[nH]c1C)c1ccccc1. The molecule has 0 fully saturated rings. The lowest BCUT2D eigenvalue weighted by Gasteiger charge is -2.30. The van der Waals surface area contributed by atoms with Crippen LogP contribution in [-0.4, -0.2) is 40.6 Å². The van der Waals surface area contributed by atoms with Crippen LogP contribution in [0.2, 0.25) is 0 Å². The molecule has 1 aromatic heterocycles. The zero-order chi connectivity index (χ0) is 18.4. The van der Waals surface area contributed by atoms with E-state index in [1.54, 1.807) is 0 Å². The van der Waals surface area contributed by atoms with E-state index in [0.717, 1.165) is 30.0 Å². The Balaban J connectivity index is 2.11. The monoisotopic (exact) mass is 342 g/mol. The summed E-state index contributed by atoms with van der Waals surface area (Å²) in [6.45, 7) is 12.6. The highest BCUT2D eigenvalue weighted by molar-refractivity contribution is 5.83. The summed E-state index contributed by atoms with van der Waals surface area (Å²) in [4.78, 5) is 15.1. The number of carbonyl (C=O) groups excluding carboxylic acids is 1. The van der Waals surface area contributed by atoms with Crippen molar-refractivity contribution in [2.45, 2.75) is 46.6 Å². The number of likely N-dealkylation sites (N-methyl/N-ethyl adjacent to an activating group) is 1. The Labute approximate surface area is 150 Å². The van der Waals surface area contributed by atoms with E-state index >= 15 is 0 Å². The predicted molar refractivity (Wildman–Crippen MR) is 102 cm³/mol. The van der Waals surface area contributed by atoms with Gasteiger partial charge in [-0.25, -0.2) is 0 Å². The van der Waals surface area contributed by atoms with E-state index in [1.165, 1.54) is 5.56 Å². The van der Waals surface area contributed by atoms with Gasteiger partial charge in [-0.2, -0.15) is 5.10 Å². The molecule has 5 heteroatoms. The van der Waals surface area contributed by atoms with Gasteiger partial charge in [0.05, 0.1) is 17.7 Å². The van der Waals surface area contributed by atoms with Gasteiger partial charge in [0.1, 0.15) is 0 Å². The highest BCUT2D eigenvalue weighted by Gasteiger charge is 2.24. The number of hydrogen-bond donors (Lipinski definition) is 2. The summed E-state index contributed by atoms with van der Waals surface area (Å²) in [5.74, 6) is -0.174. The molecule has 0 bridgehead atoms. The number of nitrogens with one attached hydrogen (secondary N) is 2. The number of H-pyrrole nitrogens is 1. The number of hydrogen-bond acceptors (Lipinski definition) is 3. The van der Waals surface area contributed by atoms with Gasteiger partial charge in [0.2, 0.25) is 5.91 Å². The maximum atomic E-state index is 12.7. The minimum absolute atomic E-state index is 0.0423. The van der Waals surface area contributed by atoms with Crippen LogP contribution in [0.1, 0.15) is 55.2 Å². The minimum Gasteiger partial charge on any atom is -0.354 e. The van der Waals surface area contributed by atoms with Crippen LogP contribution in [0.25, 0.3) is 0 Å². The first-order valence-electron chi connectivity index (χ1n) is 9.07. The molecule has 2 aromatic rings. The third-order valence-electron chi connectivity index (χ3n) is 4.92. The van der Waals surface area contributed by atoms with Crippen LogP contribution in [0.5, 0.6) is 0 Å². The fourth-order valence-electron chi connectivity index (χ4n) is 3.48. The van der Waals surface area contributed by atoms with E-state index in [0.29, 0.717) is 6.54 Å². The lowest BCUT2D eigenvalue weighted by molar-refractivity contribution is -0.122. The van der Waals surface area contributed by atoms with E-state index in [9.17, 15) is 4.79 Å². The lowest BCUT2D eigenvalue weighted by Crippen LogP contribution is -2.39. The highest BCUT2D eigenvalue weighted by Crippen LogP contribution is 2.23. The van der Waals surface area contributed by atoms with E-state index in [2.05, 4.69) is 58.5 Å². The summed E-state index contributed by atoms with van der Waals surface area (Å²) in [7, 11) is 0. The third kappa shape index (κ3) is 4.48. The quantitative estimate of drug-likeness (QED) is 0.773. The molecule has 0 aliphatic heterocycles. The topological polar surface area (TPSA) is 61.0 Å². The fourth-order valence-corrected chi connectivity index (χ4v) is 3.48. The third-order valence-corrected chi connectivity index (χ3v) is 4.92. The van der Waals surface area contributed by atoms with Gasteiger partial charge in [0.25, 0.3) is 0 Å². The zero-order valence-corrected chi connectivity index (χ0v) is 16.0. The second kappa shape index (κ2) is 8.81. The molecule has 0 saturated heterocycles. The van der Waals surface area contributed by atoms with Gasteiger partial charge in [-0.1, -0.05) is 44.2 Å². The van der Waals surface area contributed by atoms with Crippen LogP contribution < -0.4 is 5.32 Å². The molecule has 2 rings (SSSR count). The maximum Gasteiger partial charge on any atom is 0.227 e. The Hall–Kier alpha value is -2.14. The van der Waals surface area contributed by atoms with Crippen LogP contribution in [0.3, 0.4) is 0 Å². The Morgan fingerprint density at radius 3 is 2.36 bits per heavy atom. The van der Waals surface area contributed by atoms with E-state index in [1.807, 2.05) is 26.8 Å². The molecule has 25 heavy (non-hydrogen) atoms. The van der Waals surface area contributed by atoms with Crippen molar-refractivity contribution >= 4 is 5.91 Å². The molecule has 1 heterocycles. The Bertz CT molecular complexity index is 657. The molecule has 1 amide bonds. The van der Waals surface area contributed by atoms with Gasteiger partial charge in [-0.05, 0) is 39.4 Å². The van der Waals surface area contributed by atoms with Gasteiger partial charge in [-0.3, -0.25) is 14.8 Å². The number of rotatable bonds is 8. The Kier molecular flexibility index (Phi) is 6.76.